The zero-order chi connectivity index (χ0) is 11.3. The molecule has 0 saturated heterocycles. The molecular weight excluding hydrogens is 202 g/mol. The monoisotopic (exact) mass is 213 g/mol. The van der Waals surface area contributed by atoms with Crippen LogP contribution in [-0.4, -0.2) is 35.4 Å². The number of rotatable bonds is 4. The van der Waals surface area contributed by atoms with Gasteiger partial charge in [0.1, 0.15) is 0 Å². The van der Waals surface area contributed by atoms with E-state index in [0.29, 0.717) is 11.8 Å². The average Bonchev–Trinajstić information content (AvgIpc) is 2.25. The Bertz CT molecular complexity index is 333. The van der Waals surface area contributed by atoms with Crippen molar-refractivity contribution in [1.82, 2.24) is 15.3 Å². The lowest BCUT2D eigenvalue weighted by Crippen LogP contribution is -2.21. The lowest BCUT2D eigenvalue weighted by molar-refractivity contribution is 0.193. The zero-order valence-electron chi connectivity index (χ0n) is 8.35. The Morgan fingerprint density at radius 2 is 1.93 bits per heavy atom. The smallest absolute Gasteiger partial charge is 0.405 e. The number of carbonyl (C=O) groups is 1. The van der Waals surface area contributed by atoms with Crippen LogP contribution in [0, 0.1) is 0 Å². The SMILES string of the molecule is COc1cc(OC)nc(CNC(=O)O)n1. The normalized spacial score (nSPS) is 9.47. The van der Waals surface area contributed by atoms with Gasteiger partial charge in [0, 0.05) is 0 Å². The lowest BCUT2D eigenvalue weighted by atomic mass is 10.5. The van der Waals surface area contributed by atoms with Crippen LogP contribution in [0.1, 0.15) is 5.82 Å². The first-order valence-corrected chi connectivity index (χ1v) is 4.08. The van der Waals surface area contributed by atoms with Gasteiger partial charge in [0.15, 0.2) is 5.82 Å². The summed E-state index contributed by atoms with van der Waals surface area (Å²) in [6, 6.07) is 1.50. The average molecular weight is 213 g/mol. The molecule has 0 fully saturated rings. The number of aromatic nitrogens is 2. The molecule has 82 valence electrons. The number of hydrogen-bond donors (Lipinski definition) is 2. The van der Waals surface area contributed by atoms with Crippen molar-refractivity contribution >= 4 is 6.09 Å². The van der Waals surface area contributed by atoms with Crippen LogP contribution >= 0.6 is 0 Å². The van der Waals surface area contributed by atoms with E-state index in [4.69, 9.17) is 14.6 Å². The molecule has 1 heterocycles. The fourth-order valence-electron chi connectivity index (χ4n) is 0.892. The minimum Gasteiger partial charge on any atom is -0.481 e. The fourth-order valence-corrected chi connectivity index (χ4v) is 0.892. The van der Waals surface area contributed by atoms with E-state index >= 15 is 0 Å². The molecular formula is C8H11N3O4. The maximum Gasteiger partial charge on any atom is 0.405 e. The highest BCUT2D eigenvalue weighted by atomic mass is 16.5. The molecule has 0 atom stereocenters. The van der Waals surface area contributed by atoms with Crippen LogP contribution in [-0.2, 0) is 6.54 Å². The molecule has 2 N–H and O–H groups in total. The third-order valence-corrected chi connectivity index (χ3v) is 1.54. The van der Waals surface area contributed by atoms with Gasteiger partial charge in [0.05, 0.1) is 26.8 Å². The molecule has 15 heavy (non-hydrogen) atoms. The number of carboxylic acid groups (broad SMARTS) is 1. The van der Waals surface area contributed by atoms with Gasteiger partial charge < -0.3 is 19.9 Å². The standard InChI is InChI=1S/C8H11N3O4/c1-14-6-3-7(15-2)11-5(10-6)4-9-8(12)13/h3,9H,4H2,1-2H3,(H,12,13). The first kappa shape index (κ1) is 11.0. The van der Waals surface area contributed by atoms with E-state index < -0.39 is 6.09 Å². The largest absolute Gasteiger partial charge is 0.481 e. The molecule has 0 aliphatic heterocycles. The Hall–Kier alpha value is -2.05. The molecule has 0 spiro atoms. The molecule has 1 amide bonds. The van der Waals surface area contributed by atoms with Gasteiger partial charge >= 0.3 is 6.09 Å². The summed E-state index contributed by atoms with van der Waals surface area (Å²) in [5, 5.41) is 10.5. The Balaban J connectivity index is 2.81. The van der Waals surface area contributed by atoms with E-state index in [0.717, 1.165) is 0 Å². The van der Waals surface area contributed by atoms with Crippen molar-refractivity contribution in [3.63, 3.8) is 0 Å². The molecule has 0 saturated carbocycles. The van der Waals surface area contributed by atoms with Crippen LogP contribution in [0.2, 0.25) is 0 Å². The molecule has 7 nitrogen and oxygen atoms in total. The Morgan fingerprint density at radius 3 is 2.33 bits per heavy atom. The molecule has 7 heteroatoms. The number of hydrogen-bond acceptors (Lipinski definition) is 5. The van der Waals surface area contributed by atoms with Crippen LogP contribution in [0.15, 0.2) is 6.07 Å². The number of nitrogens with zero attached hydrogens (tertiary/aromatic N) is 2. The molecule has 0 aliphatic carbocycles. The van der Waals surface area contributed by atoms with Crippen molar-refractivity contribution < 1.29 is 19.4 Å². The van der Waals surface area contributed by atoms with Gasteiger partial charge in [-0.05, 0) is 0 Å². The highest BCUT2D eigenvalue weighted by Crippen LogP contribution is 2.14. The number of nitrogens with one attached hydrogen (secondary N) is 1. The van der Waals surface area contributed by atoms with E-state index in [1.807, 2.05) is 0 Å². The Kier molecular flexibility index (Phi) is 3.67. The summed E-state index contributed by atoms with van der Waals surface area (Å²) in [6.45, 7) is 0.00287. The van der Waals surface area contributed by atoms with Crippen molar-refractivity contribution in [2.45, 2.75) is 6.54 Å². The number of amides is 1. The van der Waals surface area contributed by atoms with Crippen LogP contribution in [0.3, 0.4) is 0 Å². The minimum absolute atomic E-state index is 0.00287. The van der Waals surface area contributed by atoms with Crippen LogP contribution in [0.25, 0.3) is 0 Å². The van der Waals surface area contributed by atoms with Crippen molar-refractivity contribution in [3.8, 4) is 11.8 Å². The molecule has 1 aromatic heterocycles. The predicted molar refractivity (Wildman–Crippen MR) is 50.0 cm³/mol. The summed E-state index contributed by atoms with van der Waals surface area (Å²) in [7, 11) is 2.91. The first-order valence-electron chi connectivity index (χ1n) is 4.08. The van der Waals surface area contributed by atoms with Gasteiger partial charge in [-0.2, -0.15) is 9.97 Å². The van der Waals surface area contributed by atoms with Crippen LogP contribution in [0.4, 0.5) is 4.79 Å². The second-order valence-electron chi connectivity index (χ2n) is 2.53. The van der Waals surface area contributed by atoms with Crippen molar-refractivity contribution in [2.24, 2.45) is 0 Å². The van der Waals surface area contributed by atoms with Gasteiger partial charge in [-0.15, -0.1) is 0 Å². The first-order chi connectivity index (χ1) is 7.15. The predicted octanol–water partition coefficient (Wildman–Crippen LogP) is 0.261. The second kappa shape index (κ2) is 4.99. The molecule has 0 radical (unpaired) electrons. The summed E-state index contributed by atoms with van der Waals surface area (Å²) >= 11 is 0. The minimum atomic E-state index is -1.14. The maximum absolute atomic E-state index is 10.3. The lowest BCUT2D eigenvalue weighted by Gasteiger charge is -2.05. The molecule has 0 unspecified atom stereocenters. The van der Waals surface area contributed by atoms with Gasteiger partial charge in [-0.3, -0.25) is 0 Å². The Labute approximate surface area is 86.1 Å². The summed E-state index contributed by atoms with van der Waals surface area (Å²) in [4.78, 5) is 18.1. The van der Waals surface area contributed by atoms with E-state index in [2.05, 4.69) is 15.3 Å². The number of methoxy groups -OCH3 is 2. The van der Waals surface area contributed by atoms with E-state index in [-0.39, 0.29) is 12.4 Å². The topological polar surface area (TPSA) is 93.6 Å². The van der Waals surface area contributed by atoms with Crippen molar-refractivity contribution in [3.05, 3.63) is 11.9 Å². The summed E-state index contributed by atoms with van der Waals surface area (Å²) in [6.07, 6.45) is -1.14. The molecule has 0 bridgehead atoms. The second-order valence-corrected chi connectivity index (χ2v) is 2.53. The molecule has 0 aliphatic rings. The quantitative estimate of drug-likeness (QED) is 0.745. The Morgan fingerprint density at radius 1 is 1.40 bits per heavy atom. The summed E-state index contributed by atoms with van der Waals surface area (Å²) in [5.74, 6) is 0.932. The third-order valence-electron chi connectivity index (χ3n) is 1.54. The van der Waals surface area contributed by atoms with Crippen LogP contribution < -0.4 is 14.8 Å². The summed E-state index contributed by atoms with van der Waals surface area (Å²) < 4.78 is 9.80. The van der Waals surface area contributed by atoms with E-state index in [1.54, 1.807) is 0 Å². The van der Waals surface area contributed by atoms with Crippen molar-refractivity contribution in [2.75, 3.05) is 14.2 Å². The molecule has 1 rings (SSSR count). The van der Waals surface area contributed by atoms with Gasteiger partial charge in [-0.25, -0.2) is 4.79 Å². The maximum atomic E-state index is 10.3. The zero-order valence-corrected chi connectivity index (χ0v) is 8.35. The molecule has 1 aromatic rings. The molecule has 0 aromatic carbocycles. The van der Waals surface area contributed by atoms with Crippen LogP contribution in [0.5, 0.6) is 11.8 Å². The highest BCUT2D eigenvalue weighted by molar-refractivity contribution is 5.64. The summed E-state index contributed by atoms with van der Waals surface area (Å²) in [5.41, 5.74) is 0. The van der Waals surface area contributed by atoms with Crippen molar-refractivity contribution in [1.29, 1.82) is 0 Å². The fraction of sp³-hybridized carbons (Fsp3) is 0.375. The van der Waals surface area contributed by atoms with Gasteiger partial charge in [0.2, 0.25) is 11.8 Å². The van der Waals surface area contributed by atoms with Gasteiger partial charge in [-0.1, -0.05) is 0 Å². The number of ether oxygens (including phenoxy) is 2. The third kappa shape index (κ3) is 3.29. The van der Waals surface area contributed by atoms with E-state index in [9.17, 15) is 4.79 Å². The van der Waals surface area contributed by atoms with Gasteiger partial charge in [0.25, 0.3) is 0 Å². The van der Waals surface area contributed by atoms with E-state index in [1.165, 1.54) is 20.3 Å². The highest BCUT2D eigenvalue weighted by Gasteiger charge is 2.05.